The number of nitrogens with one attached hydrogen (secondary N) is 1. The summed E-state index contributed by atoms with van der Waals surface area (Å²) in [5.74, 6) is 1.93. The minimum absolute atomic E-state index is 0.214. The van der Waals surface area contributed by atoms with Gasteiger partial charge in [0.05, 0.1) is 12.0 Å². The maximum atomic E-state index is 9.65. The molecule has 0 aromatic heterocycles. The summed E-state index contributed by atoms with van der Waals surface area (Å²) in [6.45, 7) is 4.69. The van der Waals surface area contributed by atoms with E-state index in [0.29, 0.717) is 23.8 Å². The molecule has 1 aliphatic rings. The first-order valence-corrected chi connectivity index (χ1v) is 7.12. The second-order valence-electron chi connectivity index (χ2n) is 4.15. The molecule has 3 nitrogen and oxygen atoms in total. The predicted molar refractivity (Wildman–Crippen MR) is 71.7 cm³/mol. The van der Waals surface area contributed by atoms with E-state index < -0.39 is 0 Å². The first kappa shape index (κ1) is 12.6. The molecule has 0 amide bonds. The Balaban J connectivity index is 2.13. The van der Waals surface area contributed by atoms with Crippen LogP contribution < -0.4 is 10.1 Å². The summed E-state index contributed by atoms with van der Waals surface area (Å²) in [5, 5.41) is 13.5. The van der Waals surface area contributed by atoms with Gasteiger partial charge >= 0.3 is 0 Å². The van der Waals surface area contributed by atoms with Gasteiger partial charge in [0.1, 0.15) is 0 Å². The Labute approximate surface area is 107 Å². The van der Waals surface area contributed by atoms with Gasteiger partial charge in [0.2, 0.25) is 0 Å². The quantitative estimate of drug-likeness (QED) is 0.865. The third-order valence-corrected chi connectivity index (χ3v) is 4.27. The molecule has 0 spiro atoms. The van der Waals surface area contributed by atoms with E-state index in [1.807, 2.05) is 30.8 Å². The Morgan fingerprint density at radius 2 is 2.29 bits per heavy atom. The lowest BCUT2D eigenvalue weighted by Crippen LogP contribution is -2.24. The highest BCUT2D eigenvalue weighted by Crippen LogP contribution is 2.37. The van der Waals surface area contributed by atoms with E-state index in [9.17, 15) is 5.11 Å². The smallest absolute Gasteiger partial charge is 0.161 e. The van der Waals surface area contributed by atoms with Gasteiger partial charge in [0.15, 0.2) is 11.5 Å². The first-order valence-electron chi connectivity index (χ1n) is 6.08. The van der Waals surface area contributed by atoms with Gasteiger partial charge in [-0.05, 0) is 31.0 Å². The molecule has 1 aliphatic heterocycles. The maximum absolute atomic E-state index is 9.65. The van der Waals surface area contributed by atoms with Crippen LogP contribution in [-0.2, 0) is 0 Å². The summed E-state index contributed by atoms with van der Waals surface area (Å²) in [5.41, 5.74) is 1.17. The van der Waals surface area contributed by atoms with Gasteiger partial charge < -0.3 is 9.84 Å². The molecule has 1 heterocycles. The number of thioether (sulfide) groups is 1. The molecular formula is C13H19NO2S. The van der Waals surface area contributed by atoms with Crippen LogP contribution in [0.1, 0.15) is 31.2 Å². The summed E-state index contributed by atoms with van der Waals surface area (Å²) in [4.78, 5) is 0. The largest absolute Gasteiger partial charge is 0.504 e. The minimum atomic E-state index is 0.214. The van der Waals surface area contributed by atoms with Gasteiger partial charge in [-0.3, -0.25) is 5.32 Å². The SMILES string of the molecule is CCOc1cc(C2NC(CC)CS2)ccc1O. The molecule has 2 N–H and O–H groups in total. The van der Waals surface area contributed by atoms with E-state index in [1.165, 1.54) is 5.56 Å². The molecule has 2 rings (SSSR count). The summed E-state index contributed by atoms with van der Waals surface area (Å²) in [6.07, 6.45) is 1.15. The van der Waals surface area contributed by atoms with Crippen LogP contribution in [-0.4, -0.2) is 23.5 Å². The Morgan fingerprint density at radius 1 is 1.47 bits per heavy atom. The van der Waals surface area contributed by atoms with Crippen molar-refractivity contribution in [3.8, 4) is 11.5 Å². The van der Waals surface area contributed by atoms with Gasteiger partial charge in [-0.2, -0.15) is 0 Å². The number of hydrogen-bond donors (Lipinski definition) is 2. The number of benzene rings is 1. The average molecular weight is 253 g/mol. The summed E-state index contributed by atoms with van der Waals surface area (Å²) >= 11 is 1.91. The van der Waals surface area contributed by atoms with Crippen molar-refractivity contribution in [2.24, 2.45) is 0 Å². The Morgan fingerprint density at radius 3 is 2.94 bits per heavy atom. The van der Waals surface area contributed by atoms with Crippen LogP contribution in [0.5, 0.6) is 11.5 Å². The number of ether oxygens (including phenoxy) is 1. The van der Waals surface area contributed by atoms with Crippen molar-refractivity contribution in [3.63, 3.8) is 0 Å². The molecule has 1 aromatic rings. The lowest BCUT2D eigenvalue weighted by Gasteiger charge is -2.14. The van der Waals surface area contributed by atoms with E-state index in [4.69, 9.17) is 4.74 Å². The van der Waals surface area contributed by atoms with Gasteiger partial charge in [-0.15, -0.1) is 11.8 Å². The number of phenolic OH excluding ortho intramolecular Hbond substituents is 1. The van der Waals surface area contributed by atoms with E-state index in [0.717, 1.165) is 12.2 Å². The monoisotopic (exact) mass is 253 g/mol. The van der Waals surface area contributed by atoms with Crippen LogP contribution in [0.15, 0.2) is 18.2 Å². The third kappa shape index (κ3) is 2.87. The molecule has 2 atom stereocenters. The normalized spacial score (nSPS) is 23.9. The van der Waals surface area contributed by atoms with Crippen LogP contribution in [0.2, 0.25) is 0 Å². The van der Waals surface area contributed by atoms with Crippen molar-refractivity contribution < 1.29 is 9.84 Å². The molecule has 4 heteroatoms. The van der Waals surface area contributed by atoms with Crippen molar-refractivity contribution in [3.05, 3.63) is 23.8 Å². The van der Waals surface area contributed by atoms with Crippen molar-refractivity contribution >= 4 is 11.8 Å². The minimum Gasteiger partial charge on any atom is -0.504 e. The van der Waals surface area contributed by atoms with Crippen molar-refractivity contribution in [1.82, 2.24) is 5.32 Å². The zero-order chi connectivity index (χ0) is 12.3. The van der Waals surface area contributed by atoms with Crippen LogP contribution in [0.3, 0.4) is 0 Å². The number of rotatable bonds is 4. The fraction of sp³-hybridized carbons (Fsp3) is 0.538. The van der Waals surface area contributed by atoms with Crippen LogP contribution in [0.4, 0.5) is 0 Å². The van der Waals surface area contributed by atoms with E-state index in [-0.39, 0.29) is 5.75 Å². The first-order chi connectivity index (χ1) is 8.24. The van der Waals surface area contributed by atoms with Crippen molar-refractivity contribution in [2.75, 3.05) is 12.4 Å². The summed E-state index contributed by atoms with van der Waals surface area (Å²) in [6, 6.07) is 6.19. The molecule has 1 saturated heterocycles. The molecule has 17 heavy (non-hydrogen) atoms. The van der Waals surface area contributed by atoms with Gasteiger partial charge in [-0.1, -0.05) is 13.0 Å². The highest BCUT2D eigenvalue weighted by molar-refractivity contribution is 7.99. The zero-order valence-electron chi connectivity index (χ0n) is 10.3. The summed E-state index contributed by atoms with van der Waals surface area (Å²) in [7, 11) is 0. The van der Waals surface area contributed by atoms with E-state index in [2.05, 4.69) is 12.2 Å². The van der Waals surface area contributed by atoms with E-state index >= 15 is 0 Å². The molecule has 0 bridgehead atoms. The van der Waals surface area contributed by atoms with E-state index in [1.54, 1.807) is 6.07 Å². The predicted octanol–water partition coefficient (Wildman–Crippen LogP) is 2.90. The fourth-order valence-corrected chi connectivity index (χ4v) is 3.30. The molecule has 94 valence electrons. The standard InChI is InChI=1S/C13H19NO2S/c1-3-10-8-17-13(14-10)9-5-6-11(15)12(7-9)16-4-2/h5-7,10,13-15H,3-4,8H2,1-2H3. The molecule has 1 aromatic carbocycles. The Kier molecular flexibility index (Phi) is 4.18. The van der Waals surface area contributed by atoms with Crippen LogP contribution >= 0.6 is 11.8 Å². The highest BCUT2D eigenvalue weighted by Gasteiger charge is 2.24. The third-order valence-electron chi connectivity index (χ3n) is 2.93. The maximum Gasteiger partial charge on any atom is 0.161 e. The highest BCUT2D eigenvalue weighted by atomic mass is 32.2. The number of phenols is 1. The lowest BCUT2D eigenvalue weighted by molar-refractivity contribution is 0.317. The zero-order valence-corrected chi connectivity index (χ0v) is 11.1. The van der Waals surface area contributed by atoms with Crippen molar-refractivity contribution in [1.29, 1.82) is 0 Å². The molecule has 1 fully saturated rings. The molecule has 0 radical (unpaired) electrons. The van der Waals surface area contributed by atoms with Gasteiger partial charge in [-0.25, -0.2) is 0 Å². The van der Waals surface area contributed by atoms with Crippen LogP contribution in [0, 0.1) is 0 Å². The van der Waals surface area contributed by atoms with Gasteiger partial charge in [0, 0.05) is 11.8 Å². The topological polar surface area (TPSA) is 41.5 Å². The number of hydrogen-bond acceptors (Lipinski definition) is 4. The lowest BCUT2D eigenvalue weighted by atomic mass is 10.1. The van der Waals surface area contributed by atoms with Gasteiger partial charge in [0.25, 0.3) is 0 Å². The second-order valence-corrected chi connectivity index (χ2v) is 5.28. The molecule has 0 saturated carbocycles. The number of aromatic hydroxyl groups is 1. The Bertz CT molecular complexity index is 384. The van der Waals surface area contributed by atoms with Crippen molar-refractivity contribution in [2.45, 2.75) is 31.7 Å². The second kappa shape index (κ2) is 5.65. The Hall–Kier alpha value is -0.870. The molecule has 0 aliphatic carbocycles. The van der Waals surface area contributed by atoms with Crippen LogP contribution in [0.25, 0.3) is 0 Å². The molecular weight excluding hydrogens is 234 g/mol. The summed E-state index contributed by atoms with van der Waals surface area (Å²) < 4.78 is 5.40. The fourth-order valence-electron chi connectivity index (χ4n) is 1.92. The average Bonchev–Trinajstić information content (AvgIpc) is 2.81. The molecule has 2 unspecified atom stereocenters.